The van der Waals surface area contributed by atoms with Crippen LogP contribution in [-0.4, -0.2) is 99.9 Å². The van der Waals surface area contributed by atoms with Crippen LogP contribution in [-0.2, 0) is 19.2 Å². The van der Waals surface area contributed by atoms with Gasteiger partial charge in [0.15, 0.2) is 0 Å². The molecule has 0 aliphatic rings. The Balaban J connectivity index is 5.23. The molecular formula is C17H32N4O7S2. The number of hydrogen-bond donors (Lipinski definition) is 7. The second-order valence-corrected chi connectivity index (χ2v) is 8.51. The minimum atomic E-state index is -1.59. The molecule has 0 bridgehead atoms. The van der Waals surface area contributed by atoms with Crippen LogP contribution in [0.4, 0.5) is 0 Å². The average molecular weight is 469 g/mol. The molecule has 0 fully saturated rings. The van der Waals surface area contributed by atoms with Crippen molar-refractivity contribution < 1.29 is 34.5 Å². The number of carbonyl (C=O) groups excluding carboxylic acids is 3. The van der Waals surface area contributed by atoms with Crippen LogP contribution in [0.5, 0.6) is 0 Å². The van der Waals surface area contributed by atoms with E-state index in [1.54, 1.807) is 0 Å². The van der Waals surface area contributed by atoms with Gasteiger partial charge < -0.3 is 37.0 Å². The molecule has 13 heteroatoms. The van der Waals surface area contributed by atoms with Gasteiger partial charge in [0.05, 0.1) is 18.8 Å². The quantitative estimate of drug-likeness (QED) is 0.138. The van der Waals surface area contributed by atoms with E-state index in [2.05, 4.69) is 10.6 Å². The number of aliphatic hydroxyl groups is 2. The molecule has 0 aliphatic heterocycles. The maximum atomic E-state index is 12.7. The minimum absolute atomic E-state index is 0.260. The average Bonchev–Trinajstić information content (AvgIpc) is 2.69. The number of hydrogen-bond acceptors (Lipinski definition) is 9. The van der Waals surface area contributed by atoms with Crippen LogP contribution in [0.1, 0.15) is 19.8 Å². The number of carboxylic acids is 1. The molecule has 0 rings (SSSR count). The summed E-state index contributed by atoms with van der Waals surface area (Å²) in [4.78, 5) is 48.3. The van der Waals surface area contributed by atoms with Gasteiger partial charge >= 0.3 is 5.97 Å². The molecule has 0 heterocycles. The molecular weight excluding hydrogens is 436 g/mol. The van der Waals surface area contributed by atoms with Gasteiger partial charge in [0.2, 0.25) is 17.7 Å². The molecule has 0 aliphatic carbocycles. The summed E-state index contributed by atoms with van der Waals surface area (Å²) in [5.74, 6) is -2.45. The molecule has 0 radical (unpaired) electrons. The van der Waals surface area contributed by atoms with Gasteiger partial charge in [-0.1, -0.05) is 0 Å². The zero-order valence-corrected chi connectivity index (χ0v) is 18.9. The zero-order valence-electron chi connectivity index (χ0n) is 17.3. The Kier molecular flexibility index (Phi) is 14.5. The van der Waals surface area contributed by atoms with Gasteiger partial charge in [0.1, 0.15) is 18.1 Å². The number of thioether (sulfide) groups is 2. The van der Waals surface area contributed by atoms with E-state index in [0.717, 1.165) is 0 Å². The Labute approximate surface area is 184 Å². The van der Waals surface area contributed by atoms with E-state index in [0.29, 0.717) is 17.9 Å². The number of amides is 3. The molecule has 0 aromatic rings. The van der Waals surface area contributed by atoms with Crippen LogP contribution in [0, 0.1) is 0 Å². The molecule has 0 aromatic heterocycles. The molecule has 0 aromatic carbocycles. The number of nitrogens with two attached hydrogens (primary N) is 1. The summed E-state index contributed by atoms with van der Waals surface area (Å²) >= 11 is 2.99. The first-order valence-corrected chi connectivity index (χ1v) is 12.0. The van der Waals surface area contributed by atoms with Gasteiger partial charge in [0.25, 0.3) is 0 Å². The van der Waals surface area contributed by atoms with Crippen LogP contribution >= 0.6 is 23.5 Å². The van der Waals surface area contributed by atoms with Gasteiger partial charge in [-0.15, -0.1) is 0 Å². The predicted octanol–water partition coefficient (Wildman–Crippen LogP) is -2.27. The van der Waals surface area contributed by atoms with E-state index in [9.17, 15) is 24.3 Å². The normalized spacial score (nSPS) is 15.9. The maximum Gasteiger partial charge on any atom is 0.328 e. The summed E-state index contributed by atoms with van der Waals surface area (Å²) in [5.41, 5.74) is 5.83. The second kappa shape index (κ2) is 15.3. The fourth-order valence-corrected chi connectivity index (χ4v) is 3.23. The molecule has 5 atom stereocenters. The molecule has 8 N–H and O–H groups in total. The lowest BCUT2D eigenvalue weighted by atomic mass is 10.1. The van der Waals surface area contributed by atoms with Gasteiger partial charge in [-0.3, -0.25) is 14.4 Å². The van der Waals surface area contributed by atoms with Crippen molar-refractivity contribution in [3.63, 3.8) is 0 Å². The molecule has 174 valence electrons. The third kappa shape index (κ3) is 10.5. The maximum absolute atomic E-state index is 12.7. The van der Waals surface area contributed by atoms with Crippen LogP contribution in [0.15, 0.2) is 0 Å². The number of aliphatic hydroxyl groups excluding tert-OH is 2. The van der Waals surface area contributed by atoms with Crippen molar-refractivity contribution in [3.8, 4) is 0 Å². The Morgan fingerprint density at radius 2 is 1.43 bits per heavy atom. The van der Waals surface area contributed by atoms with E-state index < -0.39 is 60.6 Å². The first-order chi connectivity index (χ1) is 14.1. The molecule has 30 heavy (non-hydrogen) atoms. The summed E-state index contributed by atoms with van der Waals surface area (Å²) in [6, 6.07) is -4.85. The number of aliphatic carboxylic acids is 1. The fraction of sp³-hybridized carbons (Fsp3) is 0.765. The largest absolute Gasteiger partial charge is 0.480 e. The molecule has 11 nitrogen and oxygen atoms in total. The van der Waals surface area contributed by atoms with Gasteiger partial charge in [-0.2, -0.15) is 23.5 Å². The van der Waals surface area contributed by atoms with Crippen LogP contribution in [0.25, 0.3) is 0 Å². The van der Waals surface area contributed by atoms with E-state index >= 15 is 0 Å². The van der Waals surface area contributed by atoms with Crippen LogP contribution in [0.3, 0.4) is 0 Å². The highest BCUT2D eigenvalue weighted by molar-refractivity contribution is 7.98. The Morgan fingerprint density at radius 3 is 1.90 bits per heavy atom. The van der Waals surface area contributed by atoms with Crippen molar-refractivity contribution in [2.24, 2.45) is 5.73 Å². The van der Waals surface area contributed by atoms with Gasteiger partial charge in [-0.25, -0.2) is 4.79 Å². The van der Waals surface area contributed by atoms with E-state index in [4.69, 9.17) is 15.9 Å². The Bertz CT molecular complexity index is 580. The van der Waals surface area contributed by atoms with Crippen LogP contribution in [0.2, 0.25) is 0 Å². The van der Waals surface area contributed by atoms with Crippen molar-refractivity contribution in [2.45, 2.75) is 50.0 Å². The number of carbonyl (C=O) groups is 4. The third-order valence-electron chi connectivity index (χ3n) is 4.07. The summed E-state index contributed by atoms with van der Waals surface area (Å²) in [7, 11) is 0. The smallest absolute Gasteiger partial charge is 0.328 e. The van der Waals surface area contributed by atoms with Gasteiger partial charge in [-0.05, 0) is 43.8 Å². The minimum Gasteiger partial charge on any atom is -0.480 e. The Morgan fingerprint density at radius 1 is 0.900 bits per heavy atom. The standard InChI is InChI=1S/C17H32N4O7S2/c1-9(23)13(16(26)20-12(8-22)17(27)28)21-15(25)11(5-7-30-3)19-14(24)10(18)4-6-29-2/h9-13,22-23H,4-8,18H2,1-3H3,(H,19,24)(H,20,26)(H,21,25)(H,27,28)/t9-,10+,11+,12+,13+/m1/s1. The lowest BCUT2D eigenvalue weighted by molar-refractivity contribution is -0.144. The Hall–Kier alpha value is -1.54. The SMILES string of the molecule is CSCC[C@H](NC(=O)[C@@H](N)CCSC)C(=O)N[C@H](C(=O)N[C@@H](CO)C(=O)O)[C@@H](C)O. The molecule has 0 spiro atoms. The van der Waals surface area contributed by atoms with Crippen molar-refractivity contribution in [1.82, 2.24) is 16.0 Å². The first-order valence-electron chi connectivity index (χ1n) is 9.25. The highest BCUT2D eigenvalue weighted by Gasteiger charge is 2.32. The summed E-state index contributed by atoms with van der Waals surface area (Å²) in [5, 5.41) is 34.8. The van der Waals surface area contributed by atoms with Gasteiger partial charge in [0, 0.05) is 0 Å². The number of rotatable bonds is 15. The third-order valence-corrected chi connectivity index (χ3v) is 5.36. The van der Waals surface area contributed by atoms with Crippen molar-refractivity contribution in [2.75, 3.05) is 30.6 Å². The second-order valence-electron chi connectivity index (χ2n) is 6.54. The molecule has 3 amide bonds. The summed E-state index contributed by atoms with van der Waals surface area (Å²) < 4.78 is 0. The van der Waals surface area contributed by atoms with E-state index in [1.165, 1.54) is 30.4 Å². The highest BCUT2D eigenvalue weighted by Crippen LogP contribution is 2.05. The fourth-order valence-electron chi connectivity index (χ4n) is 2.27. The lowest BCUT2D eigenvalue weighted by Gasteiger charge is -2.26. The van der Waals surface area contributed by atoms with E-state index in [-0.39, 0.29) is 6.42 Å². The molecule has 0 saturated carbocycles. The number of carboxylic acid groups (broad SMARTS) is 1. The zero-order chi connectivity index (χ0) is 23.3. The van der Waals surface area contributed by atoms with E-state index in [1.807, 2.05) is 17.8 Å². The predicted molar refractivity (Wildman–Crippen MR) is 116 cm³/mol. The molecule has 0 saturated heterocycles. The first kappa shape index (κ1) is 28.5. The lowest BCUT2D eigenvalue weighted by Crippen LogP contribution is -2.60. The topological polar surface area (TPSA) is 191 Å². The summed E-state index contributed by atoms with van der Waals surface area (Å²) in [6.45, 7) is 0.384. The summed E-state index contributed by atoms with van der Waals surface area (Å²) in [6.07, 6.45) is 3.04. The van der Waals surface area contributed by atoms with Crippen molar-refractivity contribution in [3.05, 3.63) is 0 Å². The monoisotopic (exact) mass is 468 g/mol. The van der Waals surface area contributed by atoms with Crippen LogP contribution < -0.4 is 21.7 Å². The number of nitrogens with one attached hydrogen (secondary N) is 3. The highest BCUT2D eigenvalue weighted by atomic mass is 32.2. The van der Waals surface area contributed by atoms with Crippen molar-refractivity contribution >= 4 is 47.2 Å². The molecule has 0 unspecified atom stereocenters. The van der Waals surface area contributed by atoms with Crippen molar-refractivity contribution in [1.29, 1.82) is 0 Å².